The number of amides is 1. The van der Waals surface area contributed by atoms with Crippen molar-refractivity contribution in [3.63, 3.8) is 0 Å². The lowest BCUT2D eigenvalue weighted by molar-refractivity contribution is -0.141. The monoisotopic (exact) mass is 374 g/mol. The molecular weight excluding hydrogens is 352 g/mol. The summed E-state index contributed by atoms with van der Waals surface area (Å²) in [6.07, 6.45) is 0.0507. The first kappa shape index (κ1) is 18.8. The van der Waals surface area contributed by atoms with E-state index in [-0.39, 0.29) is 25.4 Å². The SMILES string of the molecule is COc1cccc([C@H]2CN(C(=O)Cc3cc(C)no3)C[C@@H]2C(=O)O)c1OC. The Balaban J connectivity index is 1.85. The molecule has 1 aromatic carbocycles. The Morgan fingerprint density at radius 3 is 2.67 bits per heavy atom. The molecule has 8 heteroatoms. The molecule has 2 heterocycles. The second-order valence-corrected chi connectivity index (χ2v) is 6.54. The number of aromatic nitrogens is 1. The van der Waals surface area contributed by atoms with Crippen LogP contribution in [0.25, 0.3) is 0 Å². The van der Waals surface area contributed by atoms with E-state index in [1.807, 2.05) is 6.07 Å². The summed E-state index contributed by atoms with van der Waals surface area (Å²) in [4.78, 5) is 26.0. The first-order valence-corrected chi connectivity index (χ1v) is 8.58. The highest BCUT2D eigenvalue weighted by molar-refractivity contribution is 5.81. The molecule has 27 heavy (non-hydrogen) atoms. The molecule has 2 aromatic rings. The molecule has 1 N–H and O–H groups in total. The molecule has 1 aliphatic rings. The summed E-state index contributed by atoms with van der Waals surface area (Å²) in [5.41, 5.74) is 1.41. The van der Waals surface area contributed by atoms with Crippen LogP contribution in [-0.2, 0) is 16.0 Å². The first-order chi connectivity index (χ1) is 12.9. The van der Waals surface area contributed by atoms with E-state index < -0.39 is 17.8 Å². The number of aliphatic carboxylic acids is 1. The van der Waals surface area contributed by atoms with Crippen LogP contribution < -0.4 is 9.47 Å². The highest BCUT2D eigenvalue weighted by atomic mass is 16.5. The number of hydrogen-bond donors (Lipinski definition) is 1. The minimum Gasteiger partial charge on any atom is -0.493 e. The van der Waals surface area contributed by atoms with Gasteiger partial charge < -0.3 is 24.0 Å². The number of nitrogens with zero attached hydrogens (tertiary/aromatic N) is 2. The molecule has 0 saturated carbocycles. The summed E-state index contributed by atoms with van der Waals surface area (Å²) in [6, 6.07) is 7.06. The Hall–Kier alpha value is -3.03. The Labute approximate surface area is 156 Å². The van der Waals surface area contributed by atoms with Crippen molar-refractivity contribution in [2.24, 2.45) is 5.92 Å². The second-order valence-electron chi connectivity index (χ2n) is 6.54. The van der Waals surface area contributed by atoms with Crippen molar-refractivity contribution in [3.8, 4) is 11.5 Å². The van der Waals surface area contributed by atoms with Gasteiger partial charge in [-0.25, -0.2) is 0 Å². The normalized spacial score (nSPS) is 19.1. The first-order valence-electron chi connectivity index (χ1n) is 8.58. The largest absolute Gasteiger partial charge is 0.493 e. The van der Waals surface area contributed by atoms with E-state index >= 15 is 0 Å². The summed E-state index contributed by atoms with van der Waals surface area (Å²) >= 11 is 0. The van der Waals surface area contributed by atoms with Gasteiger partial charge in [-0.05, 0) is 13.0 Å². The molecule has 0 unspecified atom stereocenters. The van der Waals surface area contributed by atoms with Crippen molar-refractivity contribution < 1.29 is 28.7 Å². The quantitative estimate of drug-likeness (QED) is 0.823. The molecule has 0 aliphatic carbocycles. The van der Waals surface area contributed by atoms with E-state index in [9.17, 15) is 14.7 Å². The van der Waals surface area contributed by atoms with E-state index in [2.05, 4.69) is 5.16 Å². The van der Waals surface area contributed by atoms with Gasteiger partial charge in [0, 0.05) is 30.6 Å². The lowest BCUT2D eigenvalue weighted by atomic mass is 9.88. The van der Waals surface area contributed by atoms with Crippen molar-refractivity contribution in [3.05, 3.63) is 41.3 Å². The number of para-hydroxylation sites is 1. The van der Waals surface area contributed by atoms with Crippen molar-refractivity contribution in [1.82, 2.24) is 10.1 Å². The summed E-state index contributed by atoms with van der Waals surface area (Å²) in [6.45, 7) is 2.19. The zero-order chi connectivity index (χ0) is 19.6. The van der Waals surface area contributed by atoms with Crippen molar-refractivity contribution in [1.29, 1.82) is 0 Å². The van der Waals surface area contributed by atoms with Crippen LogP contribution in [0.4, 0.5) is 0 Å². The molecular formula is C19H22N2O6. The fourth-order valence-electron chi connectivity index (χ4n) is 3.54. The van der Waals surface area contributed by atoms with E-state index in [0.717, 1.165) is 5.56 Å². The summed E-state index contributed by atoms with van der Waals surface area (Å²) in [5, 5.41) is 13.5. The van der Waals surface area contributed by atoms with Gasteiger partial charge in [0.15, 0.2) is 11.5 Å². The Bertz CT molecular complexity index is 846. The fourth-order valence-corrected chi connectivity index (χ4v) is 3.54. The number of benzene rings is 1. The lowest BCUT2D eigenvalue weighted by Crippen LogP contribution is -2.31. The van der Waals surface area contributed by atoms with Gasteiger partial charge in [0.1, 0.15) is 5.76 Å². The topological polar surface area (TPSA) is 102 Å². The number of aryl methyl sites for hydroxylation is 1. The third-order valence-electron chi connectivity index (χ3n) is 4.82. The van der Waals surface area contributed by atoms with Gasteiger partial charge in [-0.1, -0.05) is 17.3 Å². The molecule has 1 aromatic heterocycles. The summed E-state index contributed by atoms with van der Waals surface area (Å²) in [5.74, 6) is -0.777. The molecule has 0 bridgehead atoms. The van der Waals surface area contributed by atoms with E-state index in [1.54, 1.807) is 30.0 Å². The molecule has 8 nitrogen and oxygen atoms in total. The molecule has 1 aliphatic heterocycles. The standard InChI is InChI=1S/C19H22N2O6/c1-11-7-12(27-20-11)8-17(22)21-9-14(15(10-21)19(23)24)13-5-4-6-16(25-2)18(13)26-3/h4-7,14-15H,8-10H2,1-3H3,(H,23,24)/t14-,15+/m1/s1. The maximum atomic E-state index is 12.6. The van der Waals surface area contributed by atoms with Crippen molar-refractivity contribution in [2.75, 3.05) is 27.3 Å². The maximum Gasteiger partial charge on any atom is 0.308 e. The van der Waals surface area contributed by atoms with Crippen LogP contribution in [0.1, 0.15) is 22.9 Å². The molecule has 3 rings (SSSR count). The van der Waals surface area contributed by atoms with Crippen LogP contribution in [-0.4, -0.2) is 54.3 Å². The van der Waals surface area contributed by atoms with Crippen LogP contribution >= 0.6 is 0 Å². The van der Waals surface area contributed by atoms with Crippen LogP contribution in [0.3, 0.4) is 0 Å². The minimum atomic E-state index is -0.948. The van der Waals surface area contributed by atoms with Gasteiger partial charge in [-0.15, -0.1) is 0 Å². The number of hydrogen-bond acceptors (Lipinski definition) is 6. The van der Waals surface area contributed by atoms with E-state index in [0.29, 0.717) is 23.0 Å². The highest BCUT2D eigenvalue weighted by Gasteiger charge is 2.42. The van der Waals surface area contributed by atoms with Gasteiger partial charge in [0.05, 0.1) is 32.3 Å². The molecule has 0 radical (unpaired) electrons. The number of carbonyl (C=O) groups excluding carboxylic acids is 1. The van der Waals surface area contributed by atoms with Gasteiger partial charge in [0.2, 0.25) is 5.91 Å². The lowest BCUT2D eigenvalue weighted by Gasteiger charge is -2.20. The van der Waals surface area contributed by atoms with Crippen LogP contribution in [0.15, 0.2) is 28.8 Å². The zero-order valence-electron chi connectivity index (χ0n) is 15.5. The van der Waals surface area contributed by atoms with Gasteiger partial charge >= 0.3 is 5.97 Å². The Morgan fingerprint density at radius 2 is 2.07 bits per heavy atom. The number of methoxy groups -OCH3 is 2. The molecule has 144 valence electrons. The van der Waals surface area contributed by atoms with Gasteiger partial charge in [-0.2, -0.15) is 0 Å². The average Bonchev–Trinajstić information content (AvgIpc) is 3.27. The predicted molar refractivity (Wildman–Crippen MR) is 94.9 cm³/mol. The van der Waals surface area contributed by atoms with Crippen LogP contribution in [0.2, 0.25) is 0 Å². The molecule has 1 fully saturated rings. The number of carboxylic acid groups (broad SMARTS) is 1. The van der Waals surface area contributed by atoms with Gasteiger partial charge in [0.25, 0.3) is 0 Å². The van der Waals surface area contributed by atoms with E-state index in [4.69, 9.17) is 14.0 Å². The minimum absolute atomic E-state index is 0.0507. The van der Waals surface area contributed by atoms with E-state index in [1.165, 1.54) is 14.2 Å². The van der Waals surface area contributed by atoms with Crippen LogP contribution in [0.5, 0.6) is 11.5 Å². The summed E-state index contributed by atoms with van der Waals surface area (Å²) < 4.78 is 15.9. The molecule has 1 saturated heterocycles. The predicted octanol–water partition coefficient (Wildman–Crippen LogP) is 1.87. The smallest absolute Gasteiger partial charge is 0.308 e. The molecule has 2 atom stereocenters. The highest BCUT2D eigenvalue weighted by Crippen LogP contribution is 2.42. The van der Waals surface area contributed by atoms with Crippen molar-refractivity contribution >= 4 is 11.9 Å². The Kier molecular flexibility index (Phi) is 5.34. The summed E-state index contributed by atoms with van der Waals surface area (Å²) in [7, 11) is 3.04. The van der Waals surface area contributed by atoms with Crippen LogP contribution in [0, 0.1) is 12.8 Å². The third-order valence-corrected chi connectivity index (χ3v) is 4.82. The maximum absolute atomic E-state index is 12.6. The average molecular weight is 374 g/mol. The zero-order valence-corrected chi connectivity index (χ0v) is 15.5. The fraction of sp³-hybridized carbons (Fsp3) is 0.421. The number of ether oxygens (including phenoxy) is 2. The van der Waals surface area contributed by atoms with Crippen molar-refractivity contribution in [2.45, 2.75) is 19.3 Å². The third kappa shape index (κ3) is 3.74. The molecule has 0 spiro atoms. The Morgan fingerprint density at radius 1 is 1.30 bits per heavy atom. The van der Waals surface area contributed by atoms with Gasteiger partial charge in [-0.3, -0.25) is 9.59 Å². The number of carboxylic acids is 1. The number of likely N-dealkylation sites (tertiary alicyclic amines) is 1. The molecule has 1 amide bonds. The number of carbonyl (C=O) groups is 2. The number of rotatable bonds is 6. The second kappa shape index (κ2) is 7.69.